The lowest BCUT2D eigenvalue weighted by Crippen LogP contribution is -2.05. The van der Waals surface area contributed by atoms with Crippen molar-refractivity contribution in [1.29, 1.82) is 0 Å². The molecule has 0 bridgehead atoms. The predicted molar refractivity (Wildman–Crippen MR) is 106 cm³/mol. The molecule has 0 N–H and O–H groups in total. The number of carbonyl (C=O) groups excluding carboxylic acids is 1. The highest BCUT2D eigenvalue weighted by atomic mass is 16.1. The minimum absolute atomic E-state index is 0.0103. The van der Waals surface area contributed by atoms with Gasteiger partial charge in [0.15, 0.2) is 5.78 Å². The van der Waals surface area contributed by atoms with Crippen molar-refractivity contribution >= 4 is 5.78 Å². The van der Waals surface area contributed by atoms with E-state index in [1.54, 1.807) is 6.07 Å². The summed E-state index contributed by atoms with van der Waals surface area (Å²) in [5.41, 5.74) is 5.19. The van der Waals surface area contributed by atoms with E-state index in [2.05, 4.69) is 6.07 Å². The molecule has 0 unspecified atom stereocenters. The van der Waals surface area contributed by atoms with Gasteiger partial charge in [0.05, 0.1) is 0 Å². The molecule has 0 amide bonds. The Balaban J connectivity index is 1.84. The van der Waals surface area contributed by atoms with Crippen molar-refractivity contribution in [3.63, 3.8) is 0 Å². The second-order valence-corrected chi connectivity index (χ2v) is 6.07. The molecule has 4 aromatic carbocycles. The molecule has 0 saturated heterocycles. The van der Waals surface area contributed by atoms with Gasteiger partial charge in [-0.1, -0.05) is 103 Å². The summed E-state index contributed by atoms with van der Waals surface area (Å²) in [6.07, 6.45) is 0. The Morgan fingerprint density at radius 3 is 1.81 bits per heavy atom. The van der Waals surface area contributed by atoms with Gasteiger partial charge >= 0.3 is 0 Å². The average molecular weight is 333 g/mol. The van der Waals surface area contributed by atoms with E-state index in [0.717, 1.165) is 22.3 Å². The summed E-state index contributed by atoms with van der Waals surface area (Å²) >= 11 is 0. The molecule has 4 rings (SSSR count). The lowest BCUT2D eigenvalue weighted by atomic mass is 9.90. The van der Waals surface area contributed by atoms with Crippen LogP contribution in [0.1, 0.15) is 15.9 Å². The van der Waals surface area contributed by atoms with Crippen molar-refractivity contribution in [2.24, 2.45) is 0 Å². The Hall–Kier alpha value is -3.45. The van der Waals surface area contributed by atoms with E-state index < -0.39 is 0 Å². The highest BCUT2D eigenvalue weighted by molar-refractivity contribution is 6.15. The van der Waals surface area contributed by atoms with E-state index in [1.807, 2.05) is 97.1 Å². The van der Waals surface area contributed by atoms with Crippen molar-refractivity contribution in [3.05, 3.63) is 120 Å². The van der Waals surface area contributed by atoms with Crippen LogP contribution in [0.4, 0.5) is 0 Å². The quantitative estimate of drug-likeness (QED) is 0.415. The van der Waals surface area contributed by atoms with Crippen molar-refractivity contribution < 1.29 is 4.79 Å². The Morgan fingerprint density at radius 2 is 1.12 bits per heavy atom. The molecule has 1 heteroatoms. The van der Waals surface area contributed by atoms with Gasteiger partial charge in [0.1, 0.15) is 0 Å². The zero-order valence-corrected chi connectivity index (χ0v) is 14.2. The molecular weight excluding hydrogens is 316 g/mol. The van der Waals surface area contributed by atoms with Crippen LogP contribution in [-0.2, 0) is 0 Å². The molecule has 1 nitrogen and oxygen atoms in total. The molecule has 0 aliphatic carbocycles. The maximum Gasteiger partial charge on any atom is 0.194 e. The normalized spacial score (nSPS) is 10.5. The topological polar surface area (TPSA) is 17.1 Å². The zero-order chi connectivity index (χ0) is 17.8. The molecule has 123 valence electrons. The number of hydrogen-bond acceptors (Lipinski definition) is 1. The Kier molecular flexibility index (Phi) is 4.44. The fourth-order valence-corrected chi connectivity index (χ4v) is 3.17. The number of rotatable bonds is 4. The molecule has 0 fully saturated rings. The van der Waals surface area contributed by atoms with Crippen molar-refractivity contribution in [2.75, 3.05) is 0 Å². The van der Waals surface area contributed by atoms with Gasteiger partial charge in [0.2, 0.25) is 0 Å². The molecule has 0 aliphatic rings. The molecular formula is C25H17O. The van der Waals surface area contributed by atoms with Gasteiger partial charge in [0, 0.05) is 11.1 Å². The summed E-state index contributed by atoms with van der Waals surface area (Å²) in [7, 11) is 0. The number of hydrogen-bond donors (Lipinski definition) is 0. The van der Waals surface area contributed by atoms with Gasteiger partial charge in [-0.2, -0.15) is 0 Å². The molecule has 0 aliphatic heterocycles. The van der Waals surface area contributed by atoms with Crippen LogP contribution in [0.15, 0.2) is 103 Å². The fourth-order valence-electron chi connectivity index (χ4n) is 3.17. The van der Waals surface area contributed by atoms with Gasteiger partial charge in [0.25, 0.3) is 0 Å². The van der Waals surface area contributed by atoms with Gasteiger partial charge in [-0.25, -0.2) is 0 Å². The largest absolute Gasteiger partial charge is 0.289 e. The molecule has 0 aromatic heterocycles. The van der Waals surface area contributed by atoms with Gasteiger partial charge in [-0.3, -0.25) is 4.79 Å². The molecule has 0 saturated carbocycles. The van der Waals surface area contributed by atoms with E-state index in [9.17, 15) is 4.79 Å². The van der Waals surface area contributed by atoms with Crippen LogP contribution in [-0.4, -0.2) is 5.78 Å². The smallest absolute Gasteiger partial charge is 0.194 e. The first-order valence-electron chi connectivity index (χ1n) is 8.60. The number of carbonyl (C=O) groups is 1. The van der Waals surface area contributed by atoms with E-state index >= 15 is 0 Å². The third-order valence-corrected chi connectivity index (χ3v) is 4.42. The minimum atomic E-state index is -0.0103. The van der Waals surface area contributed by atoms with Crippen LogP contribution < -0.4 is 0 Å². The number of benzene rings is 4. The van der Waals surface area contributed by atoms with Crippen molar-refractivity contribution in [3.8, 4) is 22.3 Å². The predicted octanol–water partition coefficient (Wildman–Crippen LogP) is 6.05. The summed E-state index contributed by atoms with van der Waals surface area (Å²) < 4.78 is 0. The van der Waals surface area contributed by atoms with Crippen LogP contribution >= 0.6 is 0 Å². The number of ketones is 1. The summed E-state index contributed by atoms with van der Waals surface area (Å²) in [6.45, 7) is 0. The first-order valence-corrected chi connectivity index (χ1v) is 8.60. The Bertz CT molecular complexity index is 949. The zero-order valence-electron chi connectivity index (χ0n) is 14.2. The molecule has 0 heterocycles. The highest BCUT2D eigenvalue weighted by Gasteiger charge is 2.18. The molecule has 0 spiro atoms. The summed E-state index contributed by atoms with van der Waals surface area (Å²) in [4.78, 5) is 13.4. The third-order valence-electron chi connectivity index (χ3n) is 4.42. The summed E-state index contributed by atoms with van der Waals surface area (Å²) in [6, 6.07) is 36.6. The molecule has 26 heavy (non-hydrogen) atoms. The van der Waals surface area contributed by atoms with Crippen LogP contribution in [0.3, 0.4) is 0 Å². The van der Waals surface area contributed by atoms with Gasteiger partial charge in [-0.05, 0) is 28.3 Å². The monoisotopic (exact) mass is 333 g/mol. The first kappa shape index (κ1) is 16.0. The maximum atomic E-state index is 13.4. The lowest BCUT2D eigenvalue weighted by molar-refractivity contribution is 0.103. The van der Waals surface area contributed by atoms with Crippen LogP contribution in [0.5, 0.6) is 0 Å². The maximum absolute atomic E-state index is 13.4. The average Bonchev–Trinajstić information content (AvgIpc) is 2.74. The van der Waals surface area contributed by atoms with Gasteiger partial charge < -0.3 is 0 Å². The van der Waals surface area contributed by atoms with Crippen LogP contribution in [0.2, 0.25) is 0 Å². The van der Waals surface area contributed by atoms with Crippen LogP contribution in [0.25, 0.3) is 22.3 Å². The fraction of sp³-hybridized carbons (Fsp3) is 0. The molecule has 1 radical (unpaired) electrons. The van der Waals surface area contributed by atoms with Crippen molar-refractivity contribution in [2.45, 2.75) is 0 Å². The first-order chi connectivity index (χ1) is 12.8. The summed E-state index contributed by atoms with van der Waals surface area (Å²) in [5.74, 6) is -0.0103. The van der Waals surface area contributed by atoms with Crippen molar-refractivity contribution in [1.82, 2.24) is 0 Å². The van der Waals surface area contributed by atoms with E-state index in [0.29, 0.717) is 11.1 Å². The second-order valence-electron chi connectivity index (χ2n) is 6.07. The molecule has 4 aromatic rings. The Labute approximate surface area is 153 Å². The highest BCUT2D eigenvalue weighted by Crippen LogP contribution is 2.29. The van der Waals surface area contributed by atoms with E-state index in [4.69, 9.17) is 0 Å². The summed E-state index contributed by atoms with van der Waals surface area (Å²) in [5, 5.41) is 0. The third kappa shape index (κ3) is 3.07. The standard InChI is InChI=1S/C25H17O/c26-25(23-17-9-7-15-21(23)19-11-3-1-4-12-19)24-18-10-8-16-22(24)20-13-5-2-6-14-20/h1-17H. The minimum Gasteiger partial charge on any atom is -0.289 e. The van der Waals surface area contributed by atoms with Crippen LogP contribution in [0, 0.1) is 6.07 Å². The van der Waals surface area contributed by atoms with Gasteiger partial charge in [-0.15, -0.1) is 0 Å². The van der Waals surface area contributed by atoms with E-state index in [1.165, 1.54) is 0 Å². The second kappa shape index (κ2) is 7.20. The SMILES string of the molecule is O=C(c1[c]cccc1-c1ccccc1)c1ccccc1-c1ccccc1. The van der Waals surface area contributed by atoms with E-state index in [-0.39, 0.29) is 5.78 Å². The molecule has 0 atom stereocenters. The lowest BCUT2D eigenvalue weighted by Gasteiger charge is -2.12. The Morgan fingerprint density at radius 1 is 0.577 bits per heavy atom.